The zero-order valence-electron chi connectivity index (χ0n) is 20.2. The lowest BCUT2D eigenvalue weighted by atomic mass is 9.80. The molecule has 6 nitrogen and oxygen atoms in total. The summed E-state index contributed by atoms with van der Waals surface area (Å²) < 4.78 is 0. The third-order valence-electron chi connectivity index (χ3n) is 6.00. The average molecular weight is 457 g/mol. The van der Waals surface area contributed by atoms with E-state index in [2.05, 4.69) is 57.2 Å². The third kappa shape index (κ3) is 5.74. The highest BCUT2D eigenvalue weighted by atomic mass is 32.1. The highest BCUT2D eigenvalue weighted by Crippen LogP contribution is 2.31. The molecule has 2 heterocycles. The molecule has 1 aliphatic carbocycles. The first-order valence-electron chi connectivity index (χ1n) is 11.4. The van der Waals surface area contributed by atoms with Gasteiger partial charge in [-0.3, -0.25) is 14.6 Å². The van der Waals surface area contributed by atoms with Gasteiger partial charge in [0.25, 0.3) is 5.91 Å². The van der Waals surface area contributed by atoms with Crippen LogP contribution in [0.2, 0.25) is 0 Å². The second-order valence-electron chi connectivity index (χ2n) is 10.8. The molecule has 2 amide bonds. The smallest absolute Gasteiger partial charge is 0.252 e. The van der Waals surface area contributed by atoms with Crippen molar-refractivity contribution < 1.29 is 9.59 Å². The van der Waals surface area contributed by atoms with Crippen molar-refractivity contribution >= 4 is 23.2 Å². The van der Waals surface area contributed by atoms with Gasteiger partial charge in [0.2, 0.25) is 5.91 Å². The Kier molecular flexibility index (Phi) is 7.08. The zero-order chi connectivity index (χ0) is 23.6. The van der Waals surface area contributed by atoms with Crippen LogP contribution < -0.4 is 10.6 Å². The molecule has 0 aromatic carbocycles. The molecular weight excluding hydrogens is 420 g/mol. The van der Waals surface area contributed by atoms with Gasteiger partial charge < -0.3 is 10.6 Å². The van der Waals surface area contributed by atoms with Gasteiger partial charge in [0.05, 0.1) is 6.54 Å². The summed E-state index contributed by atoms with van der Waals surface area (Å²) in [6.07, 6.45) is 5.93. The van der Waals surface area contributed by atoms with Crippen LogP contribution in [0.3, 0.4) is 0 Å². The Morgan fingerprint density at radius 3 is 2.09 bits per heavy atom. The number of pyridine rings is 1. The lowest BCUT2D eigenvalue weighted by Gasteiger charge is -2.36. The van der Waals surface area contributed by atoms with Gasteiger partial charge in [0, 0.05) is 39.4 Å². The normalized spacial score (nSPS) is 16.4. The van der Waals surface area contributed by atoms with E-state index in [1.807, 2.05) is 17.5 Å². The number of hydrogen-bond acceptors (Lipinski definition) is 5. The van der Waals surface area contributed by atoms with Gasteiger partial charge in [0.15, 0.2) is 0 Å². The van der Waals surface area contributed by atoms with Crippen molar-refractivity contribution in [1.82, 2.24) is 20.6 Å². The molecule has 0 saturated heterocycles. The van der Waals surface area contributed by atoms with E-state index < -0.39 is 5.54 Å². The second kappa shape index (κ2) is 9.30. The van der Waals surface area contributed by atoms with Crippen molar-refractivity contribution in [2.45, 2.75) is 96.6 Å². The Labute approximate surface area is 195 Å². The number of aromatic nitrogens is 2. The molecule has 0 bridgehead atoms. The standard InChI is InChI=1S/C25H36N4O2S/c1-23(2,3)18-14-17(15-19(28-18)24(4,5)6)21(30)29-25(10-8-7-9-11-25)22(31)27-16-20-26-12-13-32-20/h12-15H,7-11,16H2,1-6H3,(H,27,31)(H,29,30). The Morgan fingerprint density at radius 1 is 1.00 bits per heavy atom. The van der Waals surface area contributed by atoms with E-state index in [9.17, 15) is 9.59 Å². The number of carbonyl (C=O) groups excluding carboxylic acids is 2. The van der Waals surface area contributed by atoms with Crippen LogP contribution in [0.15, 0.2) is 23.7 Å². The lowest BCUT2D eigenvalue weighted by Crippen LogP contribution is -2.59. The van der Waals surface area contributed by atoms with E-state index >= 15 is 0 Å². The first kappa shape index (κ1) is 24.4. The SMILES string of the molecule is CC(C)(C)c1cc(C(=O)NC2(C(=O)NCc3nccs3)CCCCC2)cc(C(C)(C)C)n1. The van der Waals surface area contributed by atoms with Crippen LogP contribution >= 0.6 is 11.3 Å². The fourth-order valence-corrected chi connectivity index (χ4v) is 4.51. The Balaban J connectivity index is 1.88. The Morgan fingerprint density at radius 2 is 1.59 bits per heavy atom. The number of amides is 2. The van der Waals surface area contributed by atoms with Gasteiger partial charge >= 0.3 is 0 Å². The maximum absolute atomic E-state index is 13.5. The molecular formula is C25H36N4O2S. The molecule has 7 heteroatoms. The van der Waals surface area contributed by atoms with E-state index in [1.54, 1.807) is 6.20 Å². The Hall–Kier alpha value is -2.28. The number of nitrogens with zero attached hydrogens (tertiary/aromatic N) is 2. The zero-order valence-corrected chi connectivity index (χ0v) is 21.0. The van der Waals surface area contributed by atoms with E-state index in [-0.39, 0.29) is 22.6 Å². The minimum atomic E-state index is -0.889. The second-order valence-corrected chi connectivity index (χ2v) is 11.8. The van der Waals surface area contributed by atoms with E-state index in [4.69, 9.17) is 4.98 Å². The highest BCUT2D eigenvalue weighted by Gasteiger charge is 2.41. The molecule has 1 fully saturated rings. The van der Waals surface area contributed by atoms with Crippen LogP contribution in [0.4, 0.5) is 0 Å². The average Bonchev–Trinajstić information content (AvgIpc) is 3.24. The van der Waals surface area contributed by atoms with Crippen LogP contribution in [0.1, 0.15) is 100 Å². The Bertz CT molecular complexity index is 917. The maximum Gasteiger partial charge on any atom is 0.252 e. The maximum atomic E-state index is 13.5. The monoisotopic (exact) mass is 456 g/mol. The number of rotatable bonds is 5. The van der Waals surface area contributed by atoms with E-state index in [0.29, 0.717) is 24.9 Å². The van der Waals surface area contributed by atoms with E-state index in [1.165, 1.54) is 11.3 Å². The van der Waals surface area contributed by atoms with Gasteiger partial charge in [-0.05, 0) is 25.0 Å². The molecule has 2 aromatic rings. The molecule has 1 saturated carbocycles. The molecule has 0 atom stereocenters. The molecule has 0 aliphatic heterocycles. The van der Waals surface area contributed by atoms with Gasteiger partial charge in [-0.1, -0.05) is 60.8 Å². The predicted octanol–water partition coefficient (Wildman–Crippen LogP) is 4.88. The fraction of sp³-hybridized carbons (Fsp3) is 0.600. The minimum Gasteiger partial charge on any atom is -0.348 e. The topological polar surface area (TPSA) is 84.0 Å². The molecule has 0 spiro atoms. The van der Waals surface area contributed by atoms with Crippen LogP contribution in [-0.4, -0.2) is 27.3 Å². The highest BCUT2D eigenvalue weighted by molar-refractivity contribution is 7.09. The molecule has 2 N–H and O–H groups in total. The van der Waals surface area contributed by atoms with Crippen molar-refractivity contribution in [2.24, 2.45) is 0 Å². The first-order valence-corrected chi connectivity index (χ1v) is 12.3. The molecule has 3 rings (SSSR count). The van der Waals surface area contributed by atoms with Crippen molar-refractivity contribution in [1.29, 1.82) is 0 Å². The van der Waals surface area contributed by atoms with Crippen LogP contribution in [-0.2, 0) is 22.2 Å². The number of thiazole rings is 1. The van der Waals surface area contributed by atoms with Gasteiger partial charge in [0.1, 0.15) is 10.5 Å². The summed E-state index contributed by atoms with van der Waals surface area (Å²) >= 11 is 1.51. The van der Waals surface area contributed by atoms with Crippen molar-refractivity contribution in [3.05, 3.63) is 45.7 Å². The number of hydrogen-bond donors (Lipinski definition) is 2. The van der Waals surface area contributed by atoms with Crippen LogP contribution in [0, 0.1) is 0 Å². The molecule has 0 unspecified atom stereocenters. The van der Waals surface area contributed by atoms with Gasteiger partial charge in [-0.2, -0.15) is 0 Å². The molecule has 174 valence electrons. The van der Waals surface area contributed by atoms with Crippen LogP contribution in [0.5, 0.6) is 0 Å². The third-order valence-corrected chi connectivity index (χ3v) is 6.78. The number of carbonyl (C=O) groups is 2. The lowest BCUT2D eigenvalue weighted by molar-refractivity contribution is -0.128. The summed E-state index contributed by atoms with van der Waals surface area (Å²) in [6, 6.07) is 3.74. The summed E-state index contributed by atoms with van der Waals surface area (Å²) in [7, 11) is 0. The summed E-state index contributed by atoms with van der Waals surface area (Å²) in [6.45, 7) is 13.0. The quantitative estimate of drug-likeness (QED) is 0.671. The largest absolute Gasteiger partial charge is 0.348 e. The first-order chi connectivity index (χ1) is 14.9. The molecule has 32 heavy (non-hydrogen) atoms. The summed E-state index contributed by atoms with van der Waals surface area (Å²) in [4.78, 5) is 35.8. The van der Waals surface area contributed by atoms with E-state index in [0.717, 1.165) is 35.7 Å². The van der Waals surface area contributed by atoms with Crippen molar-refractivity contribution in [2.75, 3.05) is 0 Å². The summed E-state index contributed by atoms with van der Waals surface area (Å²) in [5.41, 5.74) is 1.04. The molecule has 2 aromatic heterocycles. The minimum absolute atomic E-state index is 0.123. The summed E-state index contributed by atoms with van der Waals surface area (Å²) in [5.74, 6) is -0.336. The summed E-state index contributed by atoms with van der Waals surface area (Å²) in [5, 5.41) is 8.89. The fourth-order valence-electron chi connectivity index (χ4n) is 3.95. The van der Waals surface area contributed by atoms with Crippen molar-refractivity contribution in [3.63, 3.8) is 0 Å². The van der Waals surface area contributed by atoms with Crippen molar-refractivity contribution in [3.8, 4) is 0 Å². The van der Waals surface area contributed by atoms with Gasteiger partial charge in [-0.25, -0.2) is 4.98 Å². The predicted molar refractivity (Wildman–Crippen MR) is 129 cm³/mol. The van der Waals surface area contributed by atoms with Gasteiger partial charge in [-0.15, -0.1) is 11.3 Å². The van der Waals surface area contributed by atoms with Crippen LogP contribution in [0.25, 0.3) is 0 Å². The number of nitrogens with one attached hydrogen (secondary N) is 2. The molecule has 0 radical (unpaired) electrons. The molecule has 1 aliphatic rings.